The normalized spacial score (nSPS) is 20.6. The first-order valence-electron chi connectivity index (χ1n) is 10.1. The molecule has 140 valence electrons. The topological polar surface area (TPSA) is 24.8 Å². The fraction of sp³-hybridized carbons (Fsp3) is 0.240. The van der Waals surface area contributed by atoms with Gasteiger partial charge in [0.05, 0.1) is 6.04 Å². The van der Waals surface area contributed by atoms with Crippen LogP contribution in [0, 0.1) is 0 Å². The maximum Gasteiger partial charge on any atom is 0.239 e. The highest BCUT2D eigenvalue weighted by Crippen LogP contribution is 2.45. The Kier molecular flexibility index (Phi) is 4.36. The maximum atomic E-state index is 6.91. The van der Waals surface area contributed by atoms with Crippen LogP contribution in [0.3, 0.4) is 0 Å². The lowest BCUT2D eigenvalue weighted by molar-refractivity contribution is -0.0522. The van der Waals surface area contributed by atoms with Gasteiger partial charge < -0.3 is 4.74 Å². The third-order valence-corrected chi connectivity index (χ3v) is 5.85. The number of rotatable bonds is 3. The largest absolute Gasteiger partial charge is 0.457 e. The van der Waals surface area contributed by atoms with E-state index in [0.717, 1.165) is 18.5 Å². The van der Waals surface area contributed by atoms with Crippen LogP contribution in [0.2, 0.25) is 0 Å². The van der Waals surface area contributed by atoms with E-state index in [-0.39, 0.29) is 6.04 Å². The second-order valence-electron chi connectivity index (χ2n) is 7.52. The summed E-state index contributed by atoms with van der Waals surface area (Å²) in [7, 11) is 0. The van der Waals surface area contributed by atoms with Gasteiger partial charge in [0.25, 0.3) is 0 Å². The van der Waals surface area contributed by atoms with Crippen molar-refractivity contribution >= 4 is 5.90 Å². The lowest BCUT2D eigenvalue weighted by Gasteiger charge is -2.50. The average Bonchev–Trinajstić information content (AvgIpc) is 2.80. The number of nitrogens with zero attached hydrogens (tertiary/aromatic N) is 2. The molecule has 2 heterocycles. The Morgan fingerprint density at radius 2 is 1.32 bits per heavy atom. The highest BCUT2D eigenvalue weighted by Gasteiger charge is 2.51. The van der Waals surface area contributed by atoms with E-state index in [1.807, 2.05) is 18.2 Å². The average molecular weight is 368 g/mol. The smallest absolute Gasteiger partial charge is 0.239 e. The summed E-state index contributed by atoms with van der Waals surface area (Å²) in [6, 6.07) is 31.7. The van der Waals surface area contributed by atoms with Crippen molar-refractivity contribution in [1.29, 1.82) is 0 Å². The molecule has 1 fully saturated rings. The molecule has 28 heavy (non-hydrogen) atoms. The molecule has 1 saturated heterocycles. The van der Waals surface area contributed by atoms with Crippen LogP contribution in [0.15, 0.2) is 96.1 Å². The Balaban J connectivity index is 1.73. The third-order valence-electron chi connectivity index (χ3n) is 5.85. The lowest BCUT2D eigenvalue weighted by Crippen LogP contribution is -2.57. The molecule has 1 atom stereocenters. The van der Waals surface area contributed by atoms with Crippen LogP contribution in [0.4, 0.5) is 0 Å². The molecule has 2 aliphatic rings. The van der Waals surface area contributed by atoms with Crippen LogP contribution in [-0.2, 0) is 10.3 Å². The summed E-state index contributed by atoms with van der Waals surface area (Å²) < 4.78 is 6.91. The molecule has 2 aliphatic heterocycles. The van der Waals surface area contributed by atoms with Gasteiger partial charge in [-0.1, -0.05) is 78.9 Å². The van der Waals surface area contributed by atoms with E-state index in [2.05, 4.69) is 77.8 Å². The van der Waals surface area contributed by atoms with Crippen molar-refractivity contribution in [3.8, 4) is 0 Å². The van der Waals surface area contributed by atoms with E-state index < -0.39 is 5.60 Å². The van der Waals surface area contributed by atoms with E-state index in [1.165, 1.54) is 24.0 Å². The predicted octanol–water partition coefficient (Wildman–Crippen LogP) is 5.18. The first kappa shape index (κ1) is 17.1. The van der Waals surface area contributed by atoms with Crippen molar-refractivity contribution in [3.05, 3.63) is 108 Å². The van der Waals surface area contributed by atoms with Crippen LogP contribution < -0.4 is 0 Å². The first-order chi connectivity index (χ1) is 13.9. The zero-order valence-corrected chi connectivity index (χ0v) is 15.9. The molecule has 0 bridgehead atoms. The summed E-state index contributed by atoms with van der Waals surface area (Å²) >= 11 is 0. The van der Waals surface area contributed by atoms with Gasteiger partial charge in [-0.2, -0.15) is 0 Å². The predicted molar refractivity (Wildman–Crippen MR) is 112 cm³/mol. The molecule has 5 rings (SSSR count). The SMILES string of the molecule is c1ccc(C2=NN3CCCCC3C(c3ccccc3)(c3ccccc3)O2)cc1. The number of hydrazone groups is 1. The quantitative estimate of drug-likeness (QED) is 0.637. The van der Waals surface area contributed by atoms with E-state index in [0.29, 0.717) is 5.90 Å². The van der Waals surface area contributed by atoms with Crippen molar-refractivity contribution in [2.45, 2.75) is 30.9 Å². The number of hydrogen-bond donors (Lipinski definition) is 0. The van der Waals surface area contributed by atoms with Crippen LogP contribution >= 0.6 is 0 Å². The Labute approximate surface area is 166 Å². The van der Waals surface area contributed by atoms with Crippen LogP contribution in [-0.4, -0.2) is 23.5 Å². The monoisotopic (exact) mass is 368 g/mol. The molecule has 0 amide bonds. The molecule has 3 nitrogen and oxygen atoms in total. The van der Waals surface area contributed by atoms with Gasteiger partial charge in [0.1, 0.15) is 0 Å². The van der Waals surface area contributed by atoms with E-state index in [4.69, 9.17) is 9.84 Å². The van der Waals surface area contributed by atoms with Crippen molar-refractivity contribution in [1.82, 2.24) is 5.01 Å². The van der Waals surface area contributed by atoms with Gasteiger partial charge in [-0.05, 0) is 31.4 Å². The minimum atomic E-state index is -0.574. The zero-order valence-electron chi connectivity index (χ0n) is 15.9. The second kappa shape index (κ2) is 7.16. The zero-order chi connectivity index (χ0) is 18.8. The molecule has 0 spiro atoms. The molecule has 3 aromatic carbocycles. The molecular formula is C25H24N2O. The van der Waals surface area contributed by atoms with Gasteiger partial charge in [-0.3, -0.25) is 5.01 Å². The van der Waals surface area contributed by atoms with E-state index >= 15 is 0 Å². The highest BCUT2D eigenvalue weighted by molar-refractivity contribution is 5.95. The summed E-state index contributed by atoms with van der Waals surface area (Å²) in [6.45, 7) is 0.964. The fourth-order valence-corrected chi connectivity index (χ4v) is 4.54. The van der Waals surface area contributed by atoms with Gasteiger partial charge in [-0.15, -0.1) is 5.10 Å². The molecule has 3 heteroatoms. The van der Waals surface area contributed by atoms with Gasteiger partial charge in [-0.25, -0.2) is 0 Å². The summed E-state index contributed by atoms with van der Waals surface area (Å²) in [5.41, 5.74) is 2.81. The first-order valence-corrected chi connectivity index (χ1v) is 10.1. The minimum absolute atomic E-state index is 0.179. The van der Waals surface area contributed by atoms with Crippen molar-refractivity contribution in [3.63, 3.8) is 0 Å². The van der Waals surface area contributed by atoms with Gasteiger partial charge >= 0.3 is 0 Å². The Morgan fingerprint density at radius 1 is 0.750 bits per heavy atom. The van der Waals surface area contributed by atoms with Crippen molar-refractivity contribution in [2.24, 2.45) is 5.10 Å². The number of ether oxygens (including phenoxy) is 1. The summed E-state index contributed by atoms with van der Waals surface area (Å²) in [6.07, 6.45) is 3.43. The van der Waals surface area contributed by atoms with E-state index in [1.54, 1.807) is 0 Å². The molecule has 0 aliphatic carbocycles. The van der Waals surface area contributed by atoms with Crippen LogP contribution in [0.1, 0.15) is 36.0 Å². The second-order valence-corrected chi connectivity index (χ2v) is 7.52. The molecule has 1 unspecified atom stereocenters. The van der Waals surface area contributed by atoms with Crippen LogP contribution in [0.5, 0.6) is 0 Å². The Bertz CT molecular complexity index is 914. The standard InChI is InChI=1S/C25H24N2O/c1-4-12-20(13-5-1)24-26-27-19-11-10-18-23(27)25(28-24,21-14-6-2-7-15-21)22-16-8-3-9-17-22/h1-9,12-17,23H,10-11,18-19H2. The summed E-state index contributed by atoms with van der Waals surface area (Å²) in [4.78, 5) is 0. The highest BCUT2D eigenvalue weighted by atomic mass is 16.5. The Morgan fingerprint density at radius 3 is 1.93 bits per heavy atom. The van der Waals surface area contributed by atoms with Crippen molar-refractivity contribution < 1.29 is 4.74 Å². The third kappa shape index (κ3) is 2.78. The number of fused-ring (bicyclic) bond motifs is 1. The van der Waals surface area contributed by atoms with Crippen molar-refractivity contribution in [2.75, 3.05) is 6.54 Å². The summed E-state index contributed by atoms with van der Waals surface area (Å²) in [5, 5.41) is 7.22. The fourth-order valence-electron chi connectivity index (χ4n) is 4.54. The molecule has 3 aromatic rings. The van der Waals surface area contributed by atoms with Gasteiger partial charge in [0.15, 0.2) is 5.60 Å². The minimum Gasteiger partial charge on any atom is -0.457 e. The number of benzene rings is 3. The number of hydrogen-bond acceptors (Lipinski definition) is 3. The van der Waals surface area contributed by atoms with Gasteiger partial charge in [0, 0.05) is 23.2 Å². The molecule has 0 N–H and O–H groups in total. The molecule has 0 radical (unpaired) electrons. The van der Waals surface area contributed by atoms with E-state index in [9.17, 15) is 0 Å². The summed E-state index contributed by atoms with van der Waals surface area (Å²) in [5.74, 6) is 0.700. The lowest BCUT2D eigenvalue weighted by atomic mass is 9.76. The maximum absolute atomic E-state index is 6.91. The molecule has 0 aromatic heterocycles. The van der Waals surface area contributed by atoms with Crippen LogP contribution in [0.25, 0.3) is 0 Å². The molecule has 0 saturated carbocycles. The Hall–Kier alpha value is -3.07. The number of piperidine rings is 1. The van der Waals surface area contributed by atoms with Gasteiger partial charge in [0.2, 0.25) is 5.90 Å². The molecular weight excluding hydrogens is 344 g/mol.